The number of anilines is 3. The highest BCUT2D eigenvalue weighted by Gasteiger charge is 2.26. The van der Waals surface area contributed by atoms with Crippen molar-refractivity contribution in [3.63, 3.8) is 0 Å². The molecule has 0 atom stereocenters. The zero-order chi connectivity index (χ0) is 22.8. The van der Waals surface area contributed by atoms with Crippen molar-refractivity contribution in [3.05, 3.63) is 68.7 Å². The Bertz CT molecular complexity index is 1280. The highest BCUT2D eigenvalue weighted by atomic mass is 16.5. The number of amides is 1. The molecule has 10 nitrogen and oxygen atoms in total. The molecule has 166 valence electrons. The van der Waals surface area contributed by atoms with Gasteiger partial charge in [0.1, 0.15) is 18.0 Å². The maximum absolute atomic E-state index is 12.6. The monoisotopic (exact) mass is 437 g/mol. The topological polar surface area (TPSA) is 108 Å². The Morgan fingerprint density at radius 2 is 1.78 bits per heavy atom. The van der Waals surface area contributed by atoms with Crippen LogP contribution in [0.25, 0.3) is 0 Å². The Kier molecular flexibility index (Phi) is 5.67. The number of hydrogen-bond donors (Lipinski definition) is 1. The van der Waals surface area contributed by atoms with E-state index < -0.39 is 23.6 Å². The molecule has 1 amide bonds. The minimum absolute atomic E-state index is 0.327. The van der Waals surface area contributed by atoms with Gasteiger partial charge in [-0.15, -0.1) is 5.10 Å². The van der Waals surface area contributed by atoms with Gasteiger partial charge < -0.3 is 19.7 Å². The van der Waals surface area contributed by atoms with E-state index in [1.54, 1.807) is 18.2 Å². The maximum Gasteiger partial charge on any atom is 0.333 e. The minimum Gasteiger partial charge on any atom is -0.497 e. The number of hydrogen-bond acceptors (Lipinski definition) is 7. The van der Waals surface area contributed by atoms with Crippen LogP contribution in [0.2, 0.25) is 0 Å². The van der Waals surface area contributed by atoms with Gasteiger partial charge in [0, 0.05) is 24.8 Å². The fourth-order valence-corrected chi connectivity index (χ4v) is 3.53. The molecule has 2 heterocycles. The number of methoxy groups -OCH3 is 2. The molecule has 1 N–H and O–H groups in total. The molecule has 0 fully saturated rings. The number of aryl methyl sites for hydroxylation is 1. The summed E-state index contributed by atoms with van der Waals surface area (Å²) in [5, 5.41) is 7.01. The summed E-state index contributed by atoms with van der Waals surface area (Å²) in [5.74, 6) is 0.777. The third kappa shape index (κ3) is 3.94. The summed E-state index contributed by atoms with van der Waals surface area (Å²) in [6.07, 6.45) is 0. The van der Waals surface area contributed by atoms with Crippen LogP contribution in [0.3, 0.4) is 0 Å². The van der Waals surface area contributed by atoms with Crippen molar-refractivity contribution in [1.29, 1.82) is 0 Å². The van der Waals surface area contributed by atoms with E-state index in [0.29, 0.717) is 36.2 Å². The average Bonchev–Trinajstić information content (AvgIpc) is 3.22. The lowest BCUT2D eigenvalue weighted by Crippen LogP contribution is -2.44. The summed E-state index contributed by atoms with van der Waals surface area (Å²) in [6, 6.07) is 12.7. The third-order valence-electron chi connectivity index (χ3n) is 5.22. The quantitative estimate of drug-likeness (QED) is 0.583. The lowest BCUT2D eigenvalue weighted by Gasteiger charge is -2.18. The molecule has 32 heavy (non-hydrogen) atoms. The number of carbonyl (C=O) groups excluding carboxylic acids is 1. The zero-order valence-electron chi connectivity index (χ0n) is 18.0. The fraction of sp³-hybridized carbons (Fsp3) is 0.273. The van der Waals surface area contributed by atoms with Crippen LogP contribution in [0.1, 0.15) is 5.56 Å². The van der Waals surface area contributed by atoms with E-state index in [9.17, 15) is 14.4 Å². The Hall–Kier alpha value is -4.08. The molecule has 0 bridgehead atoms. The van der Waals surface area contributed by atoms with Crippen LogP contribution < -0.4 is 30.8 Å². The van der Waals surface area contributed by atoms with E-state index in [0.717, 1.165) is 15.9 Å². The number of aromatic nitrogens is 3. The van der Waals surface area contributed by atoms with Crippen LogP contribution in [-0.2, 0) is 17.9 Å². The van der Waals surface area contributed by atoms with Crippen molar-refractivity contribution in [2.75, 3.05) is 31.0 Å². The molecule has 0 unspecified atom stereocenters. The van der Waals surface area contributed by atoms with Gasteiger partial charge in [0.2, 0.25) is 11.9 Å². The minimum atomic E-state index is -0.851. The largest absolute Gasteiger partial charge is 0.497 e. The summed E-state index contributed by atoms with van der Waals surface area (Å²) in [4.78, 5) is 39.6. The van der Waals surface area contributed by atoms with Crippen molar-refractivity contribution in [2.45, 2.75) is 20.0 Å². The normalized spacial score (nSPS) is 12.4. The summed E-state index contributed by atoms with van der Waals surface area (Å²) in [7, 11) is 2.99. The first-order valence-electron chi connectivity index (χ1n) is 9.99. The van der Waals surface area contributed by atoms with E-state index >= 15 is 0 Å². The van der Waals surface area contributed by atoms with Gasteiger partial charge in [-0.05, 0) is 31.2 Å². The van der Waals surface area contributed by atoms with E-state index in [4.69, 9.17) is 9.47 Å². The molecular weight excluding hydrogens is 414 g/mol. The van der Waals surface area contributed by atoms with Gasteiger partial charge in [0.15, 0.2) is 0 Å². The first-order valence-corrected chi connectivity index (χ1v) is 9.99. The summed E-state index contributed by atoms with van der Waals surface area (Å²) >= 11 is 0. The number of nitrogens with zero attached hydrogens (tertiary/aromatic N) is 4. The van der Waals surface area contributed by atoms with Gasteiger partial charge >= 0.3 is 11.1 Å². The van der Waals surface area contributed by atoms with Crippen LogP contribution in [0.15, 0.2) is 52.1 Å². The predicted molar refractivity (Wildman–Crippen MR) is 119 cm³/mol. The van der Waals surface area contributed by atoms with Crippen molar-refractivity contribution in [2.24, 2.45) is 0 Å². The Labute approximate surface area is 183 Å². The van der Waals surface area contributed by atoms with Gasteiger partial charge in [0.05, 0.1) is 19.9 Å². The van der Waals surface area contributed by atoms with E-state index in [2.05, 4.69) is 10.4 Å². The van der Waals surface area contributed by atoms with Gasteiger partial charge in [-0.2, -0.15) is 0 Å². The molecule has 3 aromatic rings. The smallest absolute Gasteiger partial charge is 0.333 e. The molecule has 1 aromatic heterocycles. The third-order valence-corrected chi connectivity index (χ3v) is 5.22. The first kappa shape index (κ1) is 21.2. The average molecular weight is 437 g/mol. The Morgan fingerprint density at radius 3 is 2.47 bits per heavy atom. The first-order chi connectivity index (χ1) is 15.4. The van der Waals surface area contributed by atoms with Crippen LogP contribution in [0, 0.1) is 6.92 Å². The van der Waals surface area contributed by atoms with Gasteiger partial charge in [-0.3, -0.25) is 19.0 Å². The summed E-state index contributed by atoms with van der Waals surface area (Å²) in [6.45, 7) is 2.42. The van der Waals surface area contributed by atoms with Crippen molar-refractivity contribution in [3.8, 4) is 11.5 Å². The van der Waals surface area contributed by atoms with Crippen LogP contribution in [0.5, 0.6) is 11.5 Å². The van der Waals surface area contributed by atoms with Crippen LogP contribution >= 0.6 is 0 Å². The Balaban J connectivity index is 1.61. The molecule has 1 aliphatic rings. The predicted octanol–water partition coefficient (Wildman–Crippen LogP) is 1.52. The summed E-state index contributed by atoms with van der Waals surface area (Å²) < 4.78 is 12.7. The zero-order valence-corrected chi connectivity index (χ0v) is 18.0. The SMILES string of the molecule is COc1ccc(NC(=O)Cn2nc3n(c(=O)c2=O)CCN3c2ccc(C)cc2)c(OC)c1. The summed E-state index contributed by atoms with van der Waals surface area (Å²) in [5.41, 5.74) is 0.807. The van der Waals surface area contributed by atoms with E-state index in [1.807, 2.05) is 36.1 Å². The number of rotatable bonds is 6. The number of carbonyl (C=O) groups is 1. The van der Waals surface area contributed by atoms with E-state index in [1.165, 1.54) is 18.8 Å². The number of ether oxygens (including phenoxy) is 2. The molecule has 0 radical (unpaired) electrons. The molecule has 0 aliphatic carbocycles. The molecule has 4 rings (SSSR count). The molecule has 0 saturated carbocycles. The second kappa shape index (κ2) is 8.58. The van der Waals surface area contributed by atoms with Crippen molar-refractivity contribution < 1.29 is 14.3 Å². The molecule has 10 heteroatoms. The lowest BCUT2D eigenvalue weighted by atomic mass is 10.2. The second-order valence-corrected chi connectivity index (χ2v) is 7.32. The number of benzene rings is 2. The number of nitrogens with one attached hydrogen (secondary N) is 1. The van der Waals surface area contributed by atoms with Gasteiger partial charge in [0.25, 0.3) is 0 Å². The molecule has 0 saturated heterocycles. The van der Waals surface area contributed by atoms with Crippen molar-refractivity contribution in [1.82, 2.24) is 14.3 Å². The Morgan fingerprint density at radius 1 is 1.03 bits per heavy atom. The van der Waals surface area contributed by atoms with Gasteiger partial charge in [-0.25, -0.2) is 4.68 Å². The lowest BCUT2D eigenvalue weighted by molar-refractivity contribution is -0.117. The van der Waals surface area contributed by atoms with Crippen molar-refractivity contribution >= 4 is 23.2 Å². The van der Waals surface area contributed by atoms with Gasteiger partial charge in [-0.1, -0.05) is 17.7 Å². The standard InChI is InChI=1S/C22H23N5O5/c1-14-4-6-15(7-5-14)25-10-11-26-20(29)21(30)27(24-22(25)26)13-19(28)23-17-9-8-16(31-2)12-18(17)32-3/h4-9,12H,10-11,13H2,1-3H3,(H,23,28). The molecule has 1 aliphatic heterocycles. The van der Waals surface area contributed by atoms with E-state index in [-0.39, 0.29) is 0 Å². The highest BCUT2D eigenvalue weighted by Crippen LogP contribution is 2.29. The second-order valence-electron chi connectivity index (χ2n) is 7.32. The maximum atomic E-state index is 12.6. The molecule has 2 aromatic carbocycles. The molecule has 0 spiro atoms. The fourth-order valence-electron chi connectivity index (χ4n) is 3.53. The van der Waals surface area contributed by atoms with Crippen LogP contribution in [0.4, 0.5) is 17.3 Å². The highest BCUT2D eigenvalue weighted by molar-refractivity contribution is 5.92. The number of fused-ring (bicyclic) bond motifs is 1. The molecular formula is C22H23N5O5. The van der Waals surface area contributed by atoms with Crippen LogP contribution in [-0.4, -0.2) is 41.0 Å².